The first-order chi connectivity index (χ1) is 9.24. The molecule has 2 N–H and O–H groups in total. The van der Waals surface area contributed by atoms with Gasteiger partial charge in [0.25, 0.3) is 5.91 Å². The highest BCUT2D eigenvalue weighted by Crippen LogP contribution is 2.09. The monoisotopic (exact) mass is 279 g/mol. The average Bonchev–Trinajstić information content (AvgIpc) is 2.40. The summed E-state index contributed by atoms with van der Waals surface area (Å²) in [7, 11) is 0. The molecule has 6 heteroatoms. The molecule has 5 nitrogen and oxygen atoms in total. The second kappa shape index (κ2) is 7.16. The lowest BCUT2D eigenvalue weighted by molar-refractivity contribution is -0.122. The van der Waals surface area contributed by atoms with Crippen molar-refractivity contribution in [2.24, 2.45) is 5.10 Å². The number of hydrazone groups is 1. The van der Waals surface area contributed by atoms with Gasteiger partial charge in [-0.3, -0.25) is 9.69 Å². The highest BCUT2D eigenvalue weighted by Gasteiger charge is 2.13. The smallest absolute Gasteiger partial charge is 0.254 e. The van der Waals surface area contributed by atoms with E-state index in [1.54, 1.807) is 24.3 Å². The lowest BCUT2D eigenvalue weighted by Crippen LogP contribution is -2.40. The summed E-state index contributed by atoms with van der Waals surface area (Å²) in [6.07, 6.45) is 1.52. The number of nitrogens with zero attached hydrogens (tertiary/aromatic N) is 2. The molecule has 1 aliphatic rings. The van der Waals surface area contributed by atoms with Crippen molar-refractivity contribution in [1.82, 2.24) is 10.3 Å². The molecule has 0 aliphatic carbocycles. The van der Waals surface area contributed by atoms with Crippen LogP contribution in [0.1, 0.15) is 5.56 Å². The Balaban J connectivity index is 1.76. The minimum atomic E-state index is -0.108. The standard InChI is InChI=1S/C13H17N3O2S/c17-12-3-1-2-11(8-12)9-14-15-13(18)10-16-4-6-19-7-5-16/h1-3,8-9,17H,4-7,10H2,(H,15,18)/b14-9+. The number of phenols is 1. The molecule has 102 valence electrons. The number of amides is 1. The number of rotatable bonds is 4. The van der Waals surface area contributed by atoms with Crippen molar-refractivity contribution in [2.75, 3.05) is 31.1 Å². The van der Waals surface area contributed by atoms with Crippen LogP contribution in [0.4, 0.5) is 0 Å². The van der Waals surface area contributed by atoms with Crippen LogP contribution in [0.5, 0.6) is 5.75 Å². The predicted molar refractivity (Wildman–Crippen MR) is 77.6 cm³/mol. The van der Waals surface area contributed by atoms with Crippen LogP contribution < -0.4 is 5.43 Å². The van der Waals surface area contributed by atoms with Crippen LogP contribution in [-0.4, -0.2) is 53.3 Å². The third kappa shape index (κ3) is 4.92. The van der Waals surface area contributed by atoms with Gasteiger partial charge in [0.15, 0.2) is 0 Å². The van der Waals surface area contributed by atoms with Gasteiger partial charge in [-0.15, -0.1) is 0 Å². The van der Waals surface area contributed by atoms with Crippen LogP contribution in [0.25, 0.3) is 0 Å². The number of thioether (sulfide) groups is 1. The number of benzene rings is 1. The molecule has 1 saturated heterocycles. The molecule has 2 rings (SSSR count). The number of hydrogen-bond donors (Lipinski definition) is 2. The van der Waals surface area contributed by atoms with E-state index in [4.69, 9.17) is 0 Å². The van der Waals surface area contributed by atoms with Crippen LogP contribution in [0.15, 0.2) is 29.4 Å². The SMILES string of the molecule is O=C(CN1CCSCC1)N/N=C/c1cccc(O)c1. The Morgan fingerprint density at radius 3 is 3.00 bits per heavy atom. The molecule has 19 heavy (non-hydrogen) atoms. The van der Waals surface area contributed by atoms with E-state index in [1.807, 2.05) is 11.8 Å². The molecule has 0 unspecified atom stereocenters. The number of carbonyl (C=O) groups excluding carboxylic acids is 1. The molecule has 0 atom stereocenters. The van der Waals surface area contributed by atoms with Gasteiger partial charge in [-0.1, -0.05) is 12.1 Å². The highest BCUT2D eigenvalue weighted by molar-refractivity contribution is 7.99. The highest BCUT2D eigenvalue weighted by atomic mass is 32.2. The Hall–Kier alpha value is -1.53. The van der Waals surface area contributed by atoms with Gasteiger partial charge in [0.2, 0.25) is 0 Å². The molecular weight excluding hydrogens is 262 g/mol. The van der Waals surface area contributed by atoms with Gasteiger partial charge < -0.3 is 5.11 Å². The minimum absolute atomic E-state index is 0.108. The first-order valence-electron chi connectivity index (χ1n) is 6.15. The van der Waals surface area contributed by atoms with Crippen molar-refractivity contribution < 1.29 is 9.90 Å². The normalized spacial score (nSPS) is 16.6. The molecule has 1 fully saturated rings. The van der Waals surface area contributed by atoms with E-state index >= 15 is 0 Å². The lowest BCUT2D eigenvalue weighted by Gasteiger charge is -2.24. The van der Waals surface area contributed by atoms with E-state index in [-0.39, 0.29) is 11.7 Å². The van der Waals surface area contributed by atoms with Crippen molar-refractivity contribution in [1.29, 1.82) is 0 Å². The molecule has 1 amide bonds. The van der Waals surface area contributed by atoms with E-state index in [0.717, 1.165) is 30.2 Å². The molecule has 1 heterocycles. The van der Waals surface area contributed by atoms with Gasteiger partial charge >= 0.3 is 0 Å². The van der Waals surface area contributed by atoms with Crippen LogP contribution in [-0.2, 0) is 4.79 Å². The fourth-order valence-electron chi connectivity index (χ4n) is 1.78. The molecule has 0 bridgehead atoms. The van der Waals surface area contributed by atoms with Crippen molar-refractivity contribution in [3.63, 3.8) is 0 Å². The first kappa shape index (κ1) is 13.9. The van der Waals surface area contributed by atoms with E-state index < -0.39 is 0 Å². The third-order valence-corrected chi connectivity index (χ3v) is 3.69. The molecule has 1 aliphatic heterocycles. The Morgan fingerprint density at radius 2 is 2.26 bits per heavy atom. The maximum Gasteiger partial charge on any atom is 0.254 e. The molecule has 0 saturated carbocycles. The summed E-state index contributed by atoms with van der Waals surface area (Å²) in [6.45, 7) is 2.29. The molecule has 1 aromatic carbocycles. The van der Waals surface area contributed by atoms with Gasteiger partial charge in [-0.25, -0.2) is 5.43 Å². The number of aromatic hydroxyl groups is 1. The van der Waals surface area contributed by atoms with Gasteiger partial charge in [0, 0.05) is 24.6 Å². The second-order valence-corrected chi connectivity index (χ2v) is 5.50. The molecule has 1 aromatic rings. The number of nitrogens with one attached hydrogen (secondary N) is 1. The Morgan fingerprint density at radius 1 is 1.47 bits per heavy atom. The maximum atomic E-state index is 11.6. The topological polar surface area (TPSA) is 64.9 Å². The number of hydrogen-bond acceptors (Lipinski definition) is 5. The van der Waals surface area contributed by atoms with E-state index in [2.05, 4.69) is 15.4 Å². The second-order valence-electron chi connectivity index (χ2n) is 4.28. The minimum Gasteiger partial charge on any atom is -0.508 e. The van der Waals surface area contributed by atoms with Crippen LogP contribution in [0, 0.1) is 0 Å². The molecule has 0 spiro atoms. The van der Waals surface area contributed by atoms with Gasteiger partial charge in [-0.2, -0.15) is 16.9 Å². The quantitative estimate of drug-likeness (QED) is 0.634. The van der Waals surface area contributed by atoms with Gasteiger partial charge in [0.05, 0.1) is 12.8 Å². The summed E-state index contributed by atoms with van der Waals surface area (Å²) in [5.74, 6) is 2.24. The van der Waals surface area contributed by atoms with Crippen LogP contribution in [0.3, 0.4) is 0 Å². The zero-order valence-electron chi connectivity index (χ0n) is 10.6. The van der Waals surface area contributed by atoms with Gasteiger partial charge in [0.1, 0.15) is 5.75 Å². The summed E-state index contributed by atoms with van der Waals surface area (Å²) < 4.78 is 0. The van der Waals surface area contributed by atoms with Gasteiger partial charge in [-0.05, 0) is 17.7 Å². The van der Waals surface area contributed by atoms with Crippen molar-refractivity contribution in [2.45, 2.75) is 0 Å². The van der Waals surface area contributed by atoms with Crippen LogP contribution in [0.2, 0.25) is 0 Å². The average molecular weight is 279 g/mol. The van der Waals surface area contributed by atoms with E-state index in [1.165, 1.54) is 6.21 Å². The Bertz CT molecular complexity index is 459. The Kier molecular flexibility index (Phi) is 5.23. The maximum absolute atomic E-state index is 11.6. The Labute approximate surface area is 116 Å². The summed E-state index contributed by atoms with van der Waals surface area (Å²) in [5, 5.41) is 13.2. The van der Waals surface area contributed by atoms with Crippen LogP contribution >= 0.6 is 11.8 Å². The first-order valence-corrected chi connectivity index (χ1v) is 7.30. The molecular formula is C13H17N3O2S. The predicted octanol–water partition coefficient (Wildman–Crippen LogP) is 0.891. The molecule has 0 aromatic heterocycles. The zero-order valence-corrected chi connectivity index (χ0v) is 11.4. The lowest BCUT2D eigenvalue weighted by atomic mass is 10.2. The van der Waals surface area contributed by atoms with E-state index in [0.29, 0.717) is 6.54 Å². The van der Waals surface area contributed by atoms with Crippen molar-refractivity contribution in [3.05, 3.63) is 29.8 Å². The molecule has 0 radical (unpaired) electrons. The van der Waals surface area contributed by atoms with E-state index in [9.17, 15) is 9.90 Å². The zero-order chi connectivity index (χ0) is 13.5. The summed E-state index contributed by atoms with van der Waals surface area (Å²) >= 11 is 1.92. The third-order valence-electron chi connectivity index (χ3n) is 2.74. The van der Waals surface area contributed by atoms with Crippen molar-refractivity contribution in [3.8, 4) is 5.75 Å². The van der Waals surface area contributed by atoms with Crippen molar-refractivity contribution >= 4 is 23.9 Å². The summed E-state index contributed by atoms with van der Waals surface area (Å²) in [6, 6.07) is 6.70. The summed E-state index contributed by atoms with van der Waals surface area (Å²) in [4.78, 5) is 13.8. The fraction of sp³-hybridized carbons (Fsp3) is 0.385. The summed E-state index contributed by atoms with van der Waals surface area (Å²) in [5.41, 5.74) is 3.24. The fourth-order valence-corrected chi connectivity index (χ4v) is 2.76. The number of phenolic OH excluding ortho intramolecular Hbond substituents is 1. The number of carbonyl (C=O) groups is 1. The largest absolute Gasteiger partial charge is 0.508 e.